The SMILES string of the molecule is C=CC(=O)N1CC(C)N2c3nc(=O)n(-c4c(C)ccnc4C(C)C)c4nc(-c5c(C)ccc6[nH]ncc56)c(F)c(c34)N(C)C(=O)C2C1. The number of rotatable bonds is 4. The van der Waals surface area contributed by atoms with Crippen LogP contribution in [0.2, 0.25) is 0 Å². The Bertz CT molecular complexity index is 2220. The van der Waals surface area contributed by atoms with Crippen molar-refractivity contribution >= 4 is 45.3 Å². The van der Waals surface area contributed by atoms with E-state index in [1.165, 1.54) is 27.5 Å². The number of anilines is 2. The van der Waals surface area contributed by atoms with Gasteiger partial charge in [-0.25, -0.2) is 18.7 Å². The number of piperazine rings is 1. The molecule has 2 unspecified atom stereocenters. The van der Waals surface area contributed by atoms with Crippen LogP contribution in [0.4, 0.5) is 15.9 Å². The number of benzene rings is 1. The number of pyridine rings is 2. The average Bonchev–Trinajstić information content (AvgIpc) is 3.49. The molecule has 0 radical (unpaired) electrons. The van der Waals surface area contributed by atoms with Gasteiger partial charge in [0.05, 0.1) is 40.7 Å². The van der Waals surface area contributed by atoms with Crippen LogP contribution in [-0.2, 0) is 9.59 Å². The highest BCUT2D eigenvalue weighted by atomic mass is 19.1. The number of carbonyl (C=O) groups excluding carboxylic acids is 2. The van der Waals surface area contributed by atoms with Crippen molar-refractivity contribution < 1.29 is 14.0 Å². The van der Waals surface area contributed by atoms with E-state index >= 15 is 4.39 Å². The second kappa shape index (κ2) is 10.8. The predicted molar refractivity (Wildman–Crippen MR) is 177 cm³/mol. The number of aromatic nitrogens is 6. The molecular formula is C34H34FN9O3. The molecule has 0 bridgehead atoms. The molecule has 0 spiro atoms. The van der Waals surface area contributed by atoms with E-state index in [1.807, 2.05) is 46.8 Å². The van der Waals surface area contributed by atoms with E-state index in [9.17, 15) is 14.4 Å². The summed E-state index contributed by atoms with van der Waals surface area (Å²) >= 11 is 0. The lowest BCUT2D eigenvalue weighted by atomic mass is 9.99. The maximum absolute atomic E-state index is 17.4. The molecule has 5 aromatic rings. The summed E-state index contributed by atoms with van der Waals surface area (Å²) in [4.78, 5) is 60.2. The number of fused-ring (bicyclic) bond motifs is 3. The average molecular weight is 636 g/mol. The summed E-state index contributed by atoms with van der Waals surface area (Å²) in [5.41, 5.74) is 3.20. The quantitative estimate of drug-likeness (QED) is 0.291. The van der Waals surface area contributed by atoms with Crippen molar-refractivity contribution in [3.05, 3.63) is 76.4 Å². The van der Waals surface area contributed by atoms with Gasteiger partial charge >= 0.3 is 5.69 Å². The van der Waals surface area contributed by atoms with Crippen molar-refractivity contribution in [1.82, 2.24) is 34.6 Å². The number of hydrogen-bond donors (Lipinski definition) is 1. The van der Waals surface area contributed by atoms with Crippen LogP contribution in [0, 0.1) is 19.7 Å². The monoisotopic (exact) mass is 635 g/mol. The van der Waals surface area contributed by atoms with Gasteiger partial charge in [-0.3, -0.25) is 19.7 Å². The zero-order valence-corrected chi connectivity index (χ0v) is 27.0. The fraction of sp³-hybridized carbons (Fsp3) is 0.324. The topological polar surface area (TPSA) is 133 Å². The van der Waals surface area contributed by atoms with E-state index in [2.05, 4.69) is 26.7 Å². The highest BCUT2D eigenvalue weighted by Gasteiger charge is 2.45. The van der Waals surface area contributed by atoms with Crippen molar-refractivity contribution in [1.29, 1.82) is 0 Å². The number of aromatic amines is 1. The Balaban J connectivity index is 1.66. The van der Waals surface area contributed by atoms with Gasteiger partial charge in [-0.1, -0.05) is 26.5 Å². The zero-order valence-electron chi connectivity index (χ0n) is 27.0. The van der Waals surface area contributed by atoms with Gasteiger partial charge in [-0.15, -0.1) is 0 Å². The molecule has 13 heteroatoms. The Labute approximate surface area is 269 Å². The first kappa shape index (κ1) is 30.2. The first-order valence-corrected chi connectivity index (χ1v) is 15.5. The maximum atomic E-state index is 17.4. The Morgan fingerprint density at radius 1 is 1.11 bits per heavy atom. The number of hydrogen-bond acceptors (Lipinski definition) is 8. The number of halogens is 1. The molecule has 0 aliphatic carbocycles. The largest absolute Gasteiger partial charge is 0.355 e. The zero-order chi connectivity index (χ0) is 33.5. The normalized spacial score (nSPS) is 17.9. The van der Waals surface area contributed by atoms with Crippen LogP contribution in [0.3, 0.4) is 0 Å². The summed E-state index contributed by atoms with van der Waals surface area (Å²) in [6, 6.07) is 4.10. The van der Waals surface area contributed by atoms with Crippen molar-refractivity contribution in [2.45, 2.75) is 52.6 Å². The van der Waals surface area contributed by atoms with Crippen LogP contribution in [0.15, 0.2) is 48.0 Å². The summed E-state index contributed by atoms with van der Waals surface area (Å²) < 4.78 is 18.8. The van der Waals surface area contributed by atoms with Gasteiger partial charge in [0, 0.05) is 36.8 Å². The van der Waals surface area contributed by atoms with E-state index in [0.29, 0.717) is 27.8 Å². The molecule has 1 N–H and O–H groups in total. The number of carbonyl (C=O) groups is 2. The van der Waals surface area contributed by atoms with E-state index in [0.717, 1.165) is 11.1 Å². The third kappa shape index (κ3) is 4.36. The van der Waals surface area contributed by atoms with Gasteiger partial charge in [0.15, 0.2) is 11.5 Å². The molecular weight excluding hydrogens is 601 g/mol. The van der Waals surface area contributed by atoms with Gasteiger partial charge in [0.25, 0.3) is 5.91 Å². The van der Waals surface area contributed by atoms with E-state index in [-0.39, 0.29) is 53.1 Å². The number of amides is 2. The number of likely N-dealkylation sites (N-methyl/N-ethyl adjacent to an activating group) is 1. The summed E-state index contributed by atoms with van der Waals surface area (Å²) in [6.45, 7) is 13.4. The van der Waals surface area contributed by atoms with E-state index in [1.54, 1.807) is 23.4 Å². The molecule has 2 atom stereocenters. The Morgan fingerprint density at radius 2 is 1.87 bits per heavy atom. The van der Waals surface area contributed by atoms with Crippen LogP contribution in [0.5, 0.6) is 0 Å². The molecule has 2 amide bonds. The third-order valence-corrected chi connectivity index (χ3v) is 9.29. The molecule has 1 aromatic carbocycles. The molecule has 47 heavy (non-hydrogen) atoms. The lowest BCUT2D eigenvalue weighted by Crippen LogP contribution is -2.63. The van der Waals surface area contributed by atoms with Gasteiger partial charge in [-0.05, 0) is 56.0 Å². The van der Waals surface area contributed by atoms with Gasteiger partial charge < -0.3 is 14.7 Å². The lowest BCUT2D eigenvalue weighted by Gasteiger charge is -2.45. The Hall–Kier alpha value is -5.46. The van der Waals surface area contributed by atoms with Crippen molar-refractivity contribution in [2.75, 3.05) is 29.9 Å². The highest BCUT2D eigenvalue weighted by Crippen LogP contribution is 2.45. The third-order valence-electron chi connectivity index (χ3n) is 9.29. The van der Waals surface area contributed by atoms with E-state index in [4.69, 9.17) is 4.98 Å². The minimum atomic E-state index is -0.945. The molecule has 1 saturated heterocycles. The van der Waals surface area contributed by atoms with Crippen LogP contribution < -0.4 is 15.5 Å². The van der Waals surface area contributed by atoms with Gasteiger partial charge in [-0.2, -0.15) is 10.1 Å². The first-order chi connectivity index (χ1) is 22.4. The second-order valence-corrected chi connectivity index (χ2v) is 12.6. The molecule has 12 nitrogen and oxygen atoms in total. The molecule has 1 fully saturated rings. The highest BCUT2D eigenvalue weighted by molar-refractivity contribution is 6.13. The minimum Gasteiger partial charge on any atom is -0.337 e. The first-order valence-electron chi connectivity index (χ1n) is 15.5. The molecule has 4 aromatic heterocycles. The van der Waals surface area contributed by atoms with Gasteiger partial charge in [0.1, 0.15) is 17.6 Å². The van der Waals surface area contributed by atoms with Crippen molar-refractivity contribution in [2.24, 2.45) is 0 Å². The number of nitrogens with zero attached hydrogens (tertiary/aromatic N) is 8. The second-order valence-electron chi connectivity index (χ2n) is 12.6. The molecule has 2 aliphatic rings. The lowest BCUT2D eigenvalue weighted by molar-refractivity contribution is -0.129. The molecule has 240 valence electrons. The van der Waals surface area contributed by atoms with Crippen molar-refractivity contribution in [3.8, 4) is 16.9 Å². The molecule has 2 aliphatic heterocycles. The van der Waals surface area contributed by atoms with E-state index < -0.39 is 29.5 Å². The smallest absolute Gasteiger partial charge is 0.337 e. The molecule has 7 rings (SSSR count). The standard InChI is InChI=1S/C34H34FN9O3/c1-8-23(45)42-14-19(6)43-22(15-42)33(46)41(7)30-25-31(38-28(26(30)35)24-17(4)9-10-21-20(24)13-37-40-21)44(34(47)39-32(25)43)29-18(5)11-12-36-27(29)16(2)3/h8-13,16,19,22H,1,14-15H2,2-7H3,(H,37,40). The summed E-state index contributed by atoms with van der Waals surface area (Å²) in [7, 11) is 1.51. The van der Waals surface area contributed by atoms with Crippen LogP contribution in [0.1, 0.15) is 43.5 Å². The van der Waals surface area contributed by atoms with Crippen molar-refractivity contribution in [3.63, 3.8) is 0 Å². The Kier molecular flexibility index (Phi) is 6.95. The fourth-order valence-electron chi connectivity index (χ4n) is 7.07. The minimum absolute atomic E-state index is 0.00711. The fourth-order valence-corrected chi connectivity index (χ4v) is 7.07. The molecule has 0 saturated carbocycles. The number of H-pyrrole nitrogens is 1. The predicted octanol–water partition coefficient (Wildman–Crippen LogP) is 4.17. The maximum Gasteiger partial charge on any atom is 0.355 e. The van der Waals surface area contributed by atoms with Gasteiger partial charge in [0.2, 0.25) is 5.91 Å². The number of aryl methyl sites for hydroxylation is 2. The molecule has 6 heterocycles. The summed E-state index contributed by atoms with van der Waals surface area (Å²) in [6.07, 6.45) is 4.50. The Morgan fingerprint density at radius 3 is 2.60 bits per heavy atom. The van der Waals surface area contributed by atoms with Crippen LogP contribution in [-0.4, -0.2) is 78.7 Å². The summed E-state index contributed by atoms with van der Waals surface area (Å²) in [5, 5.41) is 7.97. The van der Waals surface area contributed by atoms with Crippen LogP contribution in [0.25, 0.3) is 38.9 Å². The number of nitrogens with one attached hydrogen (secondary N) is 1. The summed E-state index contributed by atoms with van der Waals surface area (Å²) in [5.74, 6) is -1.45. The van der Waals surface area contributed by atoms with Crippen LogP contribution >= 0.6 is 0 Å².